The van der Waals surface area contributed by atoms with Gasteiger partial charge >= 0.3 is 6.18 Å². The Kier molecular flexibility index (Phi) is 4.90. The van der Waals surface area contributed by atoms with Gasteiger partial charge in [0.15, 0.2) is 0 Å². The van der Waals surface area contributed by atoms with Gasteiger partial charge in [0, 0.05) is 6.42 Å². The second-order valence-electron chi connectivity index (χ2n) is 5.26. The van der Waals surface area contributed by atoms with Crippen LogP contribution >= 0.6 is 12.2 Å². The highest BCUT2D eigenvalue weighted by Gasteiger charge is 2.37. The van der Waals surface area contributed by atoms with Gasteiger partial charge in [-0.15, -0.1) is 0 Å². The Morgan fingerprint density at radius 1 is 1.00 bits per heavy atom. The molecule has 7 heteroatoms. The Bertz CT molecular complexity index is 776. The summed E-state index contributed by atoms with van der Waals surface area (Å²) in [5.41, 5.74) is 4.37. The van der Waals surface area contributed by atoms with Crippen LogP contribution in [0.5, 0.6) is 0 Å². The normalized spacial score (nSPS) is 13.8. The van der Waals surface area contributed by atoms with E-state index in [0.29, 0.717) is 11.1 Å². The van der Waals surface area contributed by atoms with Crippen LogP contribution in [0, 0.1) is 17.1 Å². The standard InChI is InChI=1S/C17H12F4N2S/c18-14-7-5-12(6-8-14)16(10-22,15(23)24)9-11-1-3-13(4-2-11)17(19,20)21/h1-8H,9H2,(H2,23,24). The van der Waals surface area contributed by atoms with E-state index < -0.39 is 23.0 Å². The third-order valence-corrected chi connectivity index (χ3v) is 4.05. The number of alkyl halides is 3. The largest absolute Gasteiger partial charge is 0.416 e. The molecular formula is C17H12F4N2S. The quantitative estimate of drug-likeness (QED) is 0.665. The molecule has 0 spiro atoms. The second-order valence-corrected chi connectivity index (χ2v) is 5.70. The maximum absolute atomic E-state index is 13.1. The van der Waals surface area contributed by atoms with E-state index in [1.807, 2.05) is 6.07 Å². The van der Waals surface area contributed by atoms with E-state index in [-0.39, 0.29) is 11.4 Å². The van der Waals surface area contributed by atoms with Crippen LogP contribution in [-0.2, 0) is 18.0 Å². The fourth-order valence-electron chi connectivity index (χ4n) is 2.34. The molecule has 0 heterocycles. The molecule has 0 aliphatic rings. The van der Waals surface area contributed by atoms with Crippen molar-refractivity contribution in [3.63, 3.8) is 0 Å². The van der Waals surface area contributed by atoms with Crippen LogP contribution in [0.2, 0.25) is 0 Å². The Hall–Kier alpha value is -2.46. The summed E-state index contributed by atoms with van der Waals surface area (Å²) >= 11 is 5.01. The number of halogens is 4. The summed E-state index contributed by atoms with van der Waals surface area (Å²) in [7, 11) is 0. The lowest BCUT2D eigenvalue weighted by Gasteiger charge is -2.26. The molecule has 0 amide bonds. The predicted molar refractivity (Wildman–Crippen MR) is 85.6 cm³/mol. The fourth-order valence-corrected chi connectivity index (χ4v) is 2.58. The van der Waals surface area contributed by atoms with E-state index in [4.69, 9.17) is 18.0 Å². The van der Waals surface area contributed by atoms with Gasteiger partial charge in [0.05, 0.1) is 16.6 Å². The molecule has 0 aromatic heterocycles. The van der Waals surface area contributed by atoms with E-state index in [9.17, 15) is 22.8 Å². The molecule has 0 saturated heterocycles. The lowest BCUT2D eigenvalue weighted by Crippen LogP contribution is -2.40. The molecule has 2 nitrogen and oxygen atoms in total. The lowest BCUT2D eigenvalue weighted by atomic mass is 9.76. The average Bonchev–Trinajstić information content (AvgIpc) is 2.53. The summed E-state index contributed by atoms with van der Waals surface area (Å²) in [6.45, 7) is 0. The first kappa shape index (κ1) is 17.9. The summed E-state index contributed by atoms with van der Waals surface area (Å²) < 4.78 is 51.0. The van der Waals surface area contributed by atoms with E-state index in [0.717, 1.165) is 12.1 Å². The van der Waals surface area contributed by atoms with Crippen molar-refractivity contribution in [1.82, 2.24) is 0 Å². The van der Waals surface area contributed by atoms with E-state index in [1.54, 1.807) is 0 Å². The highest BCUT2D eigenvalue weighted by atomic mass is 32.1. The molecule has 2 rings (SSSR count). The zero-order chi connectivity index (χ0) is 18.0. The minimum absolute atomic E-state index is 0.0113. The van der Waals surface area contributed by atoms with Crippen LogP contribution < -0.4 is 5.73 Å². The molecule has 0 saturated carbocycles. The number of rotatable bonds is 4. The summed E-state index contributed by atoms with van der Waals surface area (Å²) in [5.74, 6) is -0.483. The zero-order valence-electron chi connectivity index (χ0n) is 12.3. The Balaban J connectivity index is 2.42. The molecule has 2 N–H and O–H groups in total. The number of thiocarbonyl (C=S) groups is 1. The molecule has 0 bridgehead atoms. The molecule has 1 atom stereocenters. The third-order valence-electron chi connectivity index (χ3n) is 3.70. The first-order chi connectivity index (χ1) is 11.2. The van der Waals surface area contributed by atoms with E-state index in [1.165, 1.54) is 36.4 Å². The number of nitriles is 1. The smallest absolute Gasteiger partial charge is 0.392 e. The number of nitrogens with zero attached hydrogens (tertiary/aromatic N) is 1. The van der Waals surface area contributed by atoms with Crippen molar-refractivity contribution < 1.29 is 17.6 Å². The number of benzene rings is 2. The highest BCUT2D eigenvalue weighted by molar-refractivity contribution is 7.80. The summed E-state index contributed by atoms with van der Waals surface area (Å²) in [4.78, 5) is -0.128. The first-order valence-corrected chi connectivity index (χ1v) is 7.23. The number of hydrogen-bond donors (Lipinski definition) is 1. The van der Waals surface area contributed by atoms with Gasteiger partial charge < -0.3 is 5.73 Å². The summed E-state index contributed by atoms with van der Waals surface area (Å²) in [6.07, 6.45) is -4.45. The van der Waals surface area contributed by atoms with Gasteiger partial charge in [-0.1, -0.05) is 36.5 Å². The Morgan fingerprint density at radius 3 is 1.92 bits per heavy atom. The molecule has 2 aromatic rings. The van der Waals surface area contributed by atoms with Crippen LogP contribution in [0.15, 0.2) is 48.5 Å². The SMILES string of the molecule is N#CC(Cc1ccc(C(F)(F)F)cc1)(C(N)=S)c1ccc(F)cc1. The first-order valence-electron chi connectivity index (χ1n) is 6.82. The molecule has 0 radical (unpaired) electrons. The number of hydrogen-bond acceptors (Lipinski definition) is 2. The van der Waals surface area contributed by atoms with Crippen molar-refractivity contribution in [2.45, 2.75) is 18.0 Å². The topological polar surface area (TPSA) is 49.8 Å². The van der Waals surface area contributed by atoms with Gasteiger partial charge in [-0.05, 0) is 35.4 Å². The van der Waals surface area contributed by atoms with Crippen molar-refractivity contribution in [2.75, 3.05) is 0 Å². The third kappa shape index (κ3) is 3.54. The van der Waals surface area contributed by atoms with Crippen LogP contribution in [0.3, 0.4) is 0 Å². The van der Waals surface area contributed by atoms with Crippen LogP contribution in [0.4, 0.5) is 17.6 Å². The van der Waals surface area contributed by atoms with Gasteiger partial charge in [0.2, 0.25) is 0 Å². The van der Waals surface area contributed by atoms with Crippen LogP contribution in [0.1, 0.15) is 16.7 Å². The van der Waals surface area contributed by atoms with Crippen molar-refractivity contribution in [3.8, 4) is 6.07 Å². The highest BCUT2D eigenvalue weighted by Crippen LogP contribution is 2.32. The summed E-state index contributed by atoms with van der Waals surface area (Å²) in [6, 6.07) is 11.6. The predicted octanol–water partition coefficient (Wildman–Crippen LogP) is 4.13. The van der Waals surface area contributed by atoms with Crippen molar-refractivity contribution in [3.05, 3.63) is 71.0 Å². The van der Waals surface area contributed by atoms with Gasteiger partial charge in [-0.3, -0.25) is 0 Å². The number of nitrogens with two attached hydrogens (primary N) is 1. The van der Waals surface area contributed by atoms with Crippen molar-refractivity contribution >= 4 is 17.2 Å². The lowest BCUT2D eigenvalue weighted by molar-refractivity contribution is -0.137. The van der Waals surface area contributed by atoms with E-state index in [2.05, 4.69) is 0 Å². The van der Waals surface area contributed by atoms with Crippen molar-refractivity contribution in [1.29, 1.82) is 5.26 Å². The van der Waals surface area contributed by atoms with Gasteiger partial charge in [0.1, 0.15) is 11.2 Å². The van der Waals surface area contributed by atoms with E-state index >= 15 is 0 Å². The van der Waals surface area contributed by atoms with Crippen LogP contribution in [0.25, 0.3) is 0 Å². The maximum Gasteiger partial charge on any atom is 0.416 e. The van der Waals surface area contributed by atoms with Gasteiger partial charge in [-0.2, -0.15) is 18.4 Å². The molecule has 0 aliphatic carbocycles. The van der Waals surface area contributed by atoms with Crippen molar-refractivity contribution in [2.24, 2.45) is 5.73 Å². The van der Waals surface area contributed by atoms with Gasteiger partial charge in [0.25, 0.3) is 0 Å². The average molecular weight is 352 g/mol. The maximum atomic E-state index is 13.1. The Morgan fingerprint density at radius 2 is 1.50 bits per heavy atom. The molecule has 0 aliphatic heterocycles. The second kappa shape index (κ2) is 6.57. The minimum Gasteiger partial charge on any atom is -0.392 e. The molecule has 24 heavy (non-hydrogen) atoms. The minimum atomic E-state index is -4.44. The molecule has 1 unspecified atom stereocenters. The van der Waals surface area contributed by atoms with Crippen LogP contribution in [-0.4, -0.2) is 4.99 Å². The molecule has 2 aromatic carbocycles. The zero-order valence-corrected chi connectivity index (χ0v) is 13.1. The molecule has 0 fully saturated rings. The Labute approximate surface area is 141 Å². The summed E-state index contributed by atoms with van der Waals surface area (Å²) in [5, 5.41) is 9.62. The molecule has 124 valence electrons. The monoisotopic (exact) mass is 352 g/mol. The van der Waals surface area contributed by atoms with Gasteiger partial charge in [-0.25, -0.2) is 4.39 Å². The molecular weight excluding hydrogens is 340 g/mol. The fraction of sp³-hybridized carbons (Fsp3) is 0.176.